The predicted octanol–water partition coefficient (Wildman–Crippen LogP) is 5.10. The van der Waals surface area contributed by atoms with Gasteiger partial charge < -0.3 is 14.9 Å². The molecule has 4 rings (SSSR count). The highest BCUT2D eigenvalue weighted by Gasteiger charge is 2.46. The van der Waals surface area contributed by atoms with Gasteiger partial charge in [-0.2, -0.15) is 5.10 Å². The number of ketones is 1. The SMILES string of the molecule is CCN(CC)CCCN1C(=O)C(=O)C(=C(O)c2cnn(-c3ccccc3)c2C)C1c1ccc(Br)cc1. The lowest BCUT2D eigenvalue weighted by Gasteiger charge is -2.26. The van der Waals surface area contributed by atoms with Gasteiger partial charge in [0.05, 0.1) is 34.8 Å². The van der Waals surface area contributed by atoms with Crippen LogP contribution in [0.15, 0.2) is 70.8 Å². The van der Waals surface area contributed by atoms with Crippen molar-refractivity contribution < 1.29 is 14.7 Å². The van der Waals surface area contributed by atoms with Crippen molar-refractivity contribution in [1.29, 1.82) is 0 Å². The van der Waals surface area contributed by atoms with Crippen LogP contribution < -0.4 is 0 Å². The fraction of sp³-hybridized carbons (Fsp3) is 0.321. The highest BCUT2D eigenvalue weighted by Crippen LogP contribution is 2.40. The van der Waals surface area contributed by atoms with Crippen molar-refractivity contribution in [3.05, 3.63) is 87.7 Å². The van der Waals surface area contributed by atoms with Crippen LogP contribution in [0.25, 0.3) is 11.4 Å². The molecule has 2 aromatic carbocycles. The van der Waals surface area contributed by atoms with Crippen LogP contribution in [0.3, 0.4) is 0 Å². The number of hydrogen-bond acceptors (Lipinski definition) is 5. The molecule has 8 heteroatoms. The van der Waals surface area contributed by atoms with Crippen molar-refractivity contribution in [3.63, 3.8) is 0 Å². The van der Waals surface area contributed by atoms with Gasteiger partial charge in [-0.05, 0) is 62.8 Å². The summed E-state index contributed by atoms with van der Waals surface area (Å²) in [6, 6.07) is 16.4. The second kappa shape index (κ2) is 11.2. The van der Waals surface area contributed by atoms with Crippen LogP contribution in [-0.4, -0.2) is 62.6 Å². The monoisotopic (exact) mass is 550 g/mol. The third-order valence-electron chi connectivity index (χ3n) is 6.76. The van der Waals surface area contributed by atoms with Gasteiger partial charge in [-0.25, -0.2) is 4.68 Å². The van der Waals surface area contributed by atoms with Crippen molar-refractivity contribution in [2.45, 2.75) is 33.2 Å². The Hall–Kier alpha value is -3.23. The lowest BCUT2D eigenvalue weighted by atomic mass is 9.95. The summed E-state index contributed by atoms with van der Waals surface area (Å²) < 4.78 is 2.61. The third kappa shape index (κ3) is 5.01. The van der Waals surface area contributed by atoms with E-state index in [1.165, 1.54) is 0 Å². The number of carbonyl (C=O) groups is 2. The third-order valence-corrected chi connectivity index (χ3v) is 7.29. The Bertz CT molecular complexity index is 1260. The molecule has 2 heterocycles. The van der Waals surface area contributed by atoms with Crippen LogP contribution in [0.5, 0.6) is 0 Å². The molecule has 1 saturated heterocycles. The van der Waals surface area contributed by atoms with Crippen molar-refractivity contribution in [2.75, 3.05) is 26.2 Å². The normalized spacial score (nSPS) is 17.4. The number of halogens is 1. The number of aromatic nitrogens is 2. The summed E-state index contributed by atoms with van der Waals surface area (Å²) in [5, 5.41) is 15.9. The van der Waals surface area contributed by atoms with Crippen molar-refractivity contribution in [1.82, 2.24) is 19.6 Å². The number of hydrogen-bond donors (Lipinski definition) is 1. The van der Waals surface area contributed by atoms with E-state index in [1.807, 2.05) is 61.5 Å². The molecule has 0 bridgehead atoms. The zero-order chi connectivity index (χ0) is 25.8. The summed E-state index contributed by atoms with van der Waals surface area (Å²) in [4.78, 5) is 30.4. The summed E-state index contributed by atoms with van der Waals surface area (Å²) in [7, 11) is 0. The van der Waals surface area contributed by atoms with Crippen LogP contribution >= 0.6 is 15.9 Å². The van der Waals surface area contributed by atoms with E-state index in [2.05, 4.69) is 39.8 Å². The molecule has 1 amide bonds. The highest BCUT2D eigenvalue weighted by atomic mass is 79.9. The van der Waals surface area contributed by atoms with Gasteiger partial charge in [0.25, 0.3) is 11.7 Å². The van der Waals surface area contributed by atoms with Gasteiger partial charge in [0.1, 0.15) is 5.76 Å². The number of rotatable bonds is 9. The number of para-hydroxylation sites is 1. The zero-order valence-corrected chi connectivity index (χ0v) is 22.4. The fourth-order valence-electron chi connectivity index (χ4n) is 4.72. The average molecular weight is 551 g/mol. The maximum absolute atomic E-state index is 13.3. The molecule has 1 aromatic heterocycles. The molecule has 188 valence electrons. The summed E-state index contributed by atoms with van der Waals surface area (Å²) >= 11 is 3.46. The summed E-state index contributed by atoms with van der Waals surface area (Å²) in [6.45, 7) is 9.15. The molecule has 0 aliphatic carbocycles. The molecule has 36 heavy (non-hydrogen) atoms. The number of nitrogens with zero attached hydrogens (tertiary/aromatic N) is 4. The van der Waals surface area contributed by atoms with Crippen LogP contribution in [0.4, 0.5) is 0 Å². The summed E-state index contributed by atoms with van der Waals surface area (Å²) in [5.74, 6) is -1.46. The first kappa shape index (κ1) is 25.9. The Morgan fingerprint density at radius 2 is 1.72 bits per heavy atom. The minimum absolute atomic E-state index is 0.0980. The van der Waals surface area contributed by atoms with E-state index in [-0.39, 0.29) is 11.3 Å². The minimum atomic E-state index is -0.672. The van der Waals surface area contributed by atoms with Crippen LogP contribution in [-0.2, 0) is 9.59 Å². The second-order valence-corrected chi connectivity index (χ2v) is 9.73. The van der Waals surface area contributed by atoms with Gasteiger partial charge in [0, 0.05) is 11.0 Å². The Balaban J connectivity index is 1.76. The number of aliphatic hydroxyl groups excluding tert-OH is 1. The van der Waals surface area contributed by atoms with Crippen molar-refractivity contribution in [2.24, 2.45) is 0 Å². The van der Waals surface area contributed by atoms with E-state index in [0.717, 1.165) is 41.8 Å². The van der Waals surface area contributed by atoms with Gasteiger partial charge in [-0.1, -0.05) is 60.1 Å². The number of carbonyl (C=O) groups excluding carboxylic acids is 2. The van der Waals surface area contributed by atoms with E-state index < -0.39 is 17.7 Å². The molecule has 3 aromatic rings. The molecule has 0 saturated carbocycles. The van der Waals surface area contributed by atoms with Gasteiger partial charge in [-0.15, -0.1) is 0 Å². The lowest BCUT2D eigenvalue weighted by Crippen LogP contribution is -2.33. The lowest BCUT2D eigenvalue weighted by molar-refractivity contribution is -0.140. The first-order valence-corrected chi connectivity index (χ1v) is 13.0. The molecule has 1 unspecified atom stereocenters. The van der Waals surface area contributed by atoms with Crippen molar-refractivity contribution >= 4 is 33.4 Å². The van der Waals surface area contributed by atoms with E-state index in [1.54, 1.807) is 15.8 Å². The Kier molecular flexibility index (Phi) is 8.06. The minimum Gasteiger partial charge on any atom is -0.507 e. The Labute approximate surface area is 220 Å². The number of Topliss-reactive ketones (excluding diaryl/α,β-unsaturated/α-hetero) is 1. The molecule has 0 spiro atoms. The van der Waals surface area contributed by atoms with Crippen LogP contribution in [0, 0.1) is 6.92 Å². The number of amides is 1. The first-order chi connectivity index (χ1) is 17.4. The molecule has 1 aliphatic heterocycles. The molecule has 1 atom stereocenters. The van der Waals surface area contributed by atoms with Gasteiger partial charge in [0.15, 0.2) is 0 Å². The van der Waals surface area contributed by atoms with Crippen LogP contribution in [0.2, 0.25) is 0 Å². The van der Waals surface area contributed by atoms with E-state index in [4.69, 9.17) is 0 Å². The maximum atomic E-state index is 13.3. The highest BCUT2D eigenvalue weighted by molar-refractivity contribution is 9.10. The van der Waals surface area contributed by atoms with E-state index in [9.17, 15) is 14.7 Å². The van der Waals surface area contributed by atoms with Crippen LogP contribution in [0.1, 0.15) is 43.1 Å². The summed E-state index contributed by atoms with van der Waals surface area (Å²) in [6.07, 6.45) is 2.27. The average Bonchev–Trinajstić information content (AvgIpc) is 3.40. The largest absolute Gasteiger partial charge is 0.507 e. The summed E-state index contributed by atoms with van der Waals surface area (Å²) in [5.41, 5.74) is 2.83. The second-order valence-electron chi connectivity index (χ2n) is 8.82. The number of aliphatic hydroxyl groups is 1. The quantitative estimate of drug-likeness (QED) is 0.228. The smallest absolute Gasteiger partial charge is 0.295 e. The molecule has 1 aliphatic rings. The van der Waals surface area contributed by atoms with Gasteiger partial charge in [-0.3, -0.25) is 9.59 Å². The van der Waals surface area contributed by atoms with E-state index in [0.29, 0.717) is 17.8 Å². The Morgan fingerprint density at radius 1 is 1.06 bits per heavy atom. The number of likely N-dealkylation sites (tertiary alicyclic amines) is 1. The molecule has 1 N–H and O–H groups in total. The number of benzene rings is 2. The maximum Gasteiger partial charge on any atom is 0.295 e. The van der Waals surface area contributed by atoms with E-state index >= 15 is 0 Å². The zero-order valence-electron chi connectivity index (χ0n) is 20.8. The van der Waals surface area contributed by atoms with Gasteiger partial charge >= 0.3 is 0 Å². The molecular weight excluding hydrogens is 520 g/mol. The molecule has 1 fully saturated rings. The Morgan fingerprint density at radius 3 is 2.36 bits per heavy atom. The van der Waals surface area contributed by atoms with Gasteiger partial charge in [0.2, 0.25) is 0 Å². The topological polar surface area (TPSA) is 78.7 Å². The molecule has 7 nitrogen and oxygen atoms in total. The van der Waals surface area contributed by atoms with Crippen molar-refractivity contribution in [3.8, 4) is 5.69 Å². The molecule has 0 radical (unpaired) electrons. The standard InChI is InChI=1S/C28H31BrN4O3/c1-4-31(5-2)16-9-17-32-25(20-12-14-21(29)15-13-20)24(27(35)28(32)36)26(34)23-18-30-33(19(23)3)22-10-7-6-8-11-22/h6-8,10-15,18,25,34H,4-5,9,16-17H2,1-3H3. The predicted molar refractivity (Wildman–Crippen MR) is 144 cm³/mol. The fourth-order valence-corrected chi connectivity index (χ4v) is 4.99. The molecular formula is C28H31BrN4O3. The first-order valence-electron chi connectivity index (χ1n) is 12.2.